The Bertz CT molecular complexity index is 1070. The molecule has 0 spiro atoms. The molecule has 0 aromatic heterocycles. The van der Waals surface area contributed by atoms with Gasteiger partial charge in [0, 0.05) is 10.9 Å². The highest BCUT2D eigenvalue weighted by atomic mass is 35.5. The molecule has 9 heteroatoms. The van der Waals surface area contributed by atoms with Gasteiger partial charge in [-0.1, -0.05) is 24.6 Å². The van der Waals surface area contributed by atoms with E-state index in [2.05, 4.69) is 5.32 Å². The summed E-state index contributed by atoms with van der Waals surface area (Å²) in [4.78, 5) is 12.7. The van der Waals surface area contributed by atoms with E-state index in [1.54, 1.807) is 19.9 Å². The molecule has 2 atom stereocenters. The van der Waals surface area contributed by atoms with E-state index >= 15 is 0 Å². The lowest BCUT2D eigenvalue weighted by Gasteiger charge is -2.37. The smallest absolute Gasteiger partial charge is 0.324 e. The molecule has 0 fully saturated rings. The molecule has 29 heavy (non-hydrogen) atoms. The van der Waals surface area contributed by atoms with Crippen LogP contribution in [0, 0.1) is 19.7 Å². The maximum Gasteiger partial charge on any atom is 0.324 e. The van der Waals surface area contributed by atoms with Crippen molar-refractivity contribution in [1.82, 2.24) is 4.31 Å². The van der Waals surface area contributed by atoms with Crippen LogP contribution in [0.5, 0.6) is 0 Å². The van der Waals surface area contributed by atoms with Crippen LogP contribution in [0.25, 0.3) is 0 Å². The average molecular weight is 441 g/mol. The molecule has 1 heterocycles. The number of aryl methyl sites for hydroxylation is 1. The minimum absolute atomic E-state index is 0.00399. The fraction of sp³-hybridized carbons (Fsp3) is 0.350. The van der Waals surface area contributed by atoms with Gasteiger partial charge in [0.05, 0.1) is 19.5 Å². The van der Waals surface area contributed by atoms with E-state index in [0.29, 0.717) is 16.3 Å². The minimum Gasteiger partial charge on any atom is -0.468 e. The monoisotopic (exact) mass is 440 g/mol. The summed E-state index contributed by atoms with van der Waals surface area (Å²) in [6.45, 7) is 5.03. The second-order valence-electron chi connectivity index (χ2n) is 7.03. The molecule has 0 amide bonds. The molecule has 156 valence electrons. The molecule has 1 unspecified atom stereocenters. The lowest BCUT2D eigenvalue weighted by molar-refractivity contribution is -0.145. The van der Waals surface area contributed by atoms with Crippen molar-refractivity contribution in [2.45, 2.75) is 37.6 Å². The number of rotatable bonds is 4. The number of nitrogens with zero attached hydrogens (tertiary/aromatic N) is 1. The zero-order chi connectivity index (χ0) is 21.5. The number of hydrogen-bond donors (Lipinski definition) is 1. The van der Waals surface area contributed by atoms with Crippen molar-refractivity contribution < 1.29 is 22.3 Å². The molecule has 0 radical (unpaired) electrons. The van der Waals surface area contributed by atoms with Crippen molar-refractivity contribution >= 4 is 33.3 Å². The first-order chi connectivity index (χ1) is 13.6. The zero-order valence-corrected chi connectivity index (χ0v) is 18.1. The third-order valence-corrected chi connectivity index (χ3v) is 7.49. The van der Waals surface area contributed by atoms with Gasteiger partial charge < -0.3 is 10.1 Å². The van der Waals surface area contributed by atoms with Gasteiger partial charge in [-0.15, -0.1) is 0 Å². The standard InChI is InChI=1S/C20H22ClFN2O4S/c1-11-5-7-15(22)18(12(11)2)13(3)19(20(25)28-4)24-10-23-16-9-14(21)6-8-17(16)29(24,26)27/h5-9,13,19,23H,10H2,1-4H3/t13?,19-/m0/s1. The predicted octanol–water partition coefficient (Wildman–Crippen LogP) is 3.81. The molecule has 0 saturated heterocycles. The fourth-order valence-electron chi connectivity index (χ4n) is 3.70. The van der Waals surface area contributed by atoms with E-state index in [1.807, 2.05) is 6.92 Å². The third-order valence-electron chi connectivity index (χ3n) is 5.37. The first kappa shape index (κ1) is 21.5. The highest BCUT2D eigenvalue weighted by molar-refractivity contribution is 7.89. The number of benzene rings is 2. The molecule has 0 saturated carbocycles. The average Bonchev–Trinajstić information content (AvgIpc) is 2.66. The van der Waals surface area contributed by atoms with Crippen molar-refractivity contribution in [3.8, 4) is 0 Å². The number of anilines is 1. The summed E-state index contributed by atoms with van der Waals surface area (Å²) in [5.41, 5.74) is 2.15. The van der Waals surface area contributed by atoms with Crippen LogP contribution < -0.4 is 5.32 Å². The Hall–Kier alpha value is -2.16. The first-order valence-electron chi connectivity index (χ1n) is 8.98. The molecule has 1 aliphatic rings. The Balaban J connectivity index is 2.13. The second-order valence-corrected chi connectivity index (χ2v) is 9.32. The summed E-state index contributed by atoms with van der Waals surface area (Å²) in [7, 11) is -2.87. The number of hydrogen-bond acceptors (Lipinski definition) is 5. The molecule has 2 aromatic rings. The van der Waals surface area contributed by atoms with Crippen molar-refractivity contribution in [2.75, 3.05) is 19.1 Å². The SMILES string of the molecule is COC(=O)[C@H](C(C)c1c(F)ccc(C)c1C)N1CNc2cc(Cl)ccc2S1(=O)=O. The highest BCUT2D eigenvalue weighted by Crippen LogP contribution is 2.37. The topological polar surface area (TPSA) is 75.7 Å². The molecule has 1 N–H and O–H groups in total. The van der Waals surface area contributed by atoms with E-state index < -0.39 is 33.8 Å². The van der Waals surface area contributed by atoms with Gasteiger partial charge in [0.15, 0.2) is 0 Å². The number of carbonyl (C=O) groups is 1. The molecule has 2 aromatic carbocycles. The van der Waals surface area contributed by atoms with Crippen molar-refractivity contribution in [3.05, 3.63) is 57.9 Å². The van der Waals surface area contributed by atoms with Gasteiger partial charge in [-0.3, -0.25) is 4.79 Å². The number of carbonyl (C=O) groups excluding carboxylic acids is 1. The number of halogens is 2. The summed E-state index contributed by atoms with van der Waals surface area (Å²) in [6, 6.07) is 6.06. The number of esters is 1. The number of fused-ring (bicyclic) bond motifs is 1. The Morgan fingerprint density at radius 3 is 2.62 bits per heavy atom. The minimum atomic E-state index is -4.05. The Kier molecular flexibility index (Phi) is 5.89. The predicted molar refractivity (Wildman–Crippen MR) is 109 cm³/mol. The van der Waals surface area contributed by atoms with Gasteiger partial charge in [0.2, 0.25) is 10.0 Å². The Morgan fingerprint density at radius 1 is 1.28 bits per heavy atom. The van der Waals surface area contributed by atoms with Crippen LogP contribution in [0.4, 0.5) is 10.1 Å². The lowest BCUT2D eigenvalue weighted by atomic mass is 9.87. The summed E-state index contributed by atoms with van der Waals surface area (Å²) >= 11 is 5.96. The number of sulfonamides is 1. The third kappa shape index (κ3) is 3.72. The van der Waals surface area contributed by atoms with Gasteiger partial charge in [-0.05, 0) is 54.8 Å². The Morgan fingerprint density at radius 2 is 1.97 bits per heavy atom. The van der Waals surface area contributed by atoms with Gasteiger partial charge in [0.25, 0.3) is 0 Å². The van der Waals surface area contributed by atoms with E-state index in [9.17, 15) is 17.6 Å². The lowest BCUT2D eigenvalue weighted by Crippen LogP contribution is -2.52. The van der Waals surface area contributed by atoms with Crippen molar-refractivity contribution in [1.29, 1.82) is 0 Å². The number of methoxy groups -OCH3 is 1. The van der Waals surface area contributed by atoms with E-state index in [-0.39, 0.29) is 17.1 Å². The Labute approximate surface area is 174 Å². The first-order valence-corrected chi connectivity index (χ1v) is 10.8. The number of nitrogens with one attached hydrogen (secondary N) is 1. The molecular weight excluding hydrogens is 419 g/mol. The van der Waals surface area contributed by atoms with Crippen LogP contribution in [0.2, 0.25) is 5.02 Å². The van der Waals surface area contributed by atoms with Crippen LogP contribution in [0.15, 0.2) is 35.2 Å². The van der Waals surface area contributed by atoms with Crippen molar-refractivity contribution in [2.24, 2.45) is 0 Å². The van der Waals surface area contributed by atoms with Gasteiger partial charge in [-0.25, -0.2) is 12.8 Å². The summed E-state index contributed by atoms with van der Waals surface area (Å²) in [6.07, 6.45) is 0. The molecule has 0 aliphatic carbocycles. The fourth-order valence-corrected chi connectivity index (χ4v) is 5.58. The van der Waals surface area contributed by atoms with E-state index in [0.717, 1.165) is 9.87 Å². The highest BCUT2D eigenvalue weighted by Gasteiger charge is 2.44. The molecule has 3 rings (SSSR count). The molecular formula is C20H22ClFN2O4S. The van der Waals surface area contributed by atoms with Gasteiger partial charge >= 0.3 is 5.97 Å². The van der Waals surface area contributed by atoms with Gasteiger partial charge in [-0.2, -0.15) is 4.31 Å². The molecule has 6 nitrogen and oxygen atoms in total. The zero-order valence-electron chi connectivity index (χ0n) is 16.5. The summed E-state index contributed by atoms with van der Waals surface area (Å²) < 4.78 is 47.2. The normalized spacial score (nSPS) is 17.7. The van der Waals surface area contributed by atoms with Crippen LogP contribution >= 0.6 is 11.6 Å². The second kappa shape index (κ2) is 7.93. The van der Waals surface area contributed by atoms with Crippen LogP contribution in [0.1, 0.15) is 29.5 Å². The van der Waals surface area contributed by atoms with Crippen molar-refractivity contribution in [3.63, 3.8) is 0 Å². The summed E-state index contributed by atoms with van der Waals surface area (Å²) in [5, 5.41) is 3.36. The van der Waals surface area contributed by atoms with E-state index in [1.165, 1.54) is 31.4 Å². The summed E-state index contributed by atoms with van der Waals surface area (Å²) in [5.74, 6) is -2.04. The number of ether oxygens (including phenoxy) is 1. The molecule has 0 bridgehead atoms. The van der Waals surface area contributed by atoms with Gasteiger partial charge in [0.1, 0.15) is 16.8 Å². The quantitative estimate of drug-likeness (QED) is 0.731. The van der Waals surface area contributed by atoms with E-state index in [4.69, 9.17) is 16.3 Å². The maximum atomic E-state index is 14.7. The maximum absolute atomic E-state index is 14.7. The molecule has 1 aliphatic heterocycles. The van der Waals surface area contributed by atoms with Crippen LogP contribution in [-0.4, -0.2) is 38.5 Å². The largest absolute Gasteiger partial charge is 0.468 e. The van der Waals surface area contributed by atoms with Crippen LogP contribution in [0.3, 0.4) is 0 Å². The van der Waals surface area contributed by atoms with Crippen LogP contribution in [-0.2, 0) is 19.6 Å².